The van der Waals surface area contributed by atoms with Crippen molar-refractivity contribution in [3.63, 3.8) is 0 Å². The maximum absolute atomic E-state index is 12.7. The smallest absolute Gasteiger partial charge is 0.327 e. The van der Waals surface area contributed by atoms with Gasteiger partial charge in [-0.2, -0.15) is 5.26 Å². The molecule has 0 saturated carbocycles. The highest BCUT2D eigenvalue weighted by Gasteiger charge is 2.23. The van der Waals surface area contributed by atoms with Crippen molar-refractivity contribution in [3.8, 4) is 17.2 Å². The first-order valence-corrected chi connectivity index (χ1v) is 8.90. The van der Waals surface area contributed by atoms with Crippen LogP contribution in [-0.4, -0.2) is 20.6 Å². The van der Waals surface area contributed by atoms with Crippen molar-refractivity contribution in [2.45, 2.75) is 12.5 Å². The monoisotopic (exact) mass is 413 g/mol. The fourth-order valence-corrected chi connectivity index (χ4v) is 3.26. The third kappa shape index (κ3) is 4.06. The molecule has 1 N–H and O–H groups in total. The van der Waals surface area contributed by atoms with Gasteiger partial charge in [-0.25, -0.2) is 4.79 Å². The number of nitriles is 1. The molecule has 1 unspecified atom stereocenters. The number of hydrogen-bond donors (Lipinski definition) is 1. The van der Waals surface area contributed by atoms with Gasteiger partial charge in [-0.3, -0.25) is 14.3 Å². The van der Waals surface area contributed by atoms with Crippen LogP contribution < -0.4 is 5.56 Å². The van der Waals surface area contributed by atoms with E-state index in [0.29, 0.717) is 27.4 Å². The Labute approximate surface area is 170 Å². The molecule has 0 spiro atoms. The van der Waals surface area contributed by atoms with Crippen LogP contribution in [0.1, 0.15) is 17.3 Å². The van der Waals surface area contributed by atoms with Gasteiger partial charge in [0.1, 0.15) is 6.04 Å². The van der Waals surface area contributed by atoms with Crippen LogP contribution in [0.5, 0.6) is 0 Å². The van der Waals surface area contributed by atoms with Gasteiger partial charge >= 0.3 is 5.97 Å². The second kappa shape index (κ2) is 8.26. The minimum atomic E-state index is -1.18. The first-order valence-electron chi connectivity index (χ1n) is 8.15. The number of benzene rings is 1. The normalized spacial score (nSPS) is 11.6. The van der Waals surface area contributed by atoms with Gasteiger partial charge in [0.05, 0.1) is 16.7 Å². The number of carboxylic acid groups (broad SMARTS) is 1. The van der Waals surface area contributed by atoms with Crippen molar-refractivity contribution in [2.75, 3.05) is 0 Å². The Bertz CT molecular complexity index is 1140. The molecule has 0 amide bonds. The van der Waals surface area contributed by atoms with Gasteiger partial charge in [0.15, 0.2) is 0 Å². The van der Waals surface area contributed by atoms with Gasteiger partial charge in [0, 0.05) is 46.7 Å². The zero-order valence-corrected chi connectivity index (χ0v) is 15.9. The molecule has 0 radical (unpaired) electrons. The van der Waals surface area contributed by atoms with E-state index in [9.17, 15) is 20.0 Å². The van der Waals surface area contributed by atoms with E-state index in [-0.39, 0.29) is 11.4 Å². The van der Waals surface area contributed by atoms with Crippen molar-refractivity contribution in [2.24, 2.45) is 0 Å². The molecule has 8 heteroatoms. The zero-order valence-electron chi connectivity index (χ0n) is 14.3. The Hall–Kier alpha value is -3.14. The van der Waals surface area contributed by atoms with Crippen molar-refractivity contribution in [1.82, 2.24) is 9.55 Å². The summed E-state index contributed by atoms with van der Waals surface area (Å²) in [6, 6.07) is 11.8. The highest BCUT2D eigenvalue weighted by molar-refractivity contribution is 6.33. The summed E-state index contributed by atoms with van der Waals surface area (Å²) in [5.41, 5.74) is 0.978. The summed E-state index contributed by atoms with van der Waals surface area (Å²) in [6.45, 7) is 0. The molecule has 0 aliphatic heterocycles. The molecule has 3 rings (SSSR count). The Morgan fingerprint density at radius 2 is 2.00 bits per heavy atom. The van der Waals surface area contributed by atoms with Crippen molar-refractivity contribution in [3.05, 3.63) is 86.5 Å². The molecule has 0 aliphatic carbocycles. The highest BCUT2D eigenvalue weighted by Crippen LogP contribution is 2.31. The minimum Gasteiger partial charge on any atom is -0.480 e. The fourth-order valence-electron chi connectivity index (χ4n) is 2.83. The Balaban J connectivity index is 2.09. The van der Waals surface area contributed by atoms with Crippen LogP contribution >= 0.6 is 23.2 Å². The van der Waals surface area contributed by atoms with Crippen LogP contribution in [0.2, 0.25) is 10.0 Å². The second-order valence-corrected chi connectivity index (χ2v) is 6.81. The average molecular weight is 414 g/mol. The number of halogens is 2. The summed E-state index contributed by atoms with van der Waals surface area (Å²) >= 11 is 12.4. The lowest BCUT2D eigenvalue weighted by Gasteiger charge is -2.17. The fraction of sp³-hybridized carbons (Fsp3) is 0.100. The molecule has 1 aromatic carbocycles. The maximum atomic E-state index is 12.7. The summed E-state index contributed by atoms with van der Waals surface area (Å²) in [7, 11) is 0. The number of pyridine rings is 2. The summed E-state index contributed by atoms with van der Waals surface area (Å²) < 4.78 is 1.06. The Kier molecular flexibility index (Phi) is 5.78. The molecule has 0 aliphatic rings. The SMILES string of the molecule is N#Cc1ccc(Cl)cc1-c1cc(=O)n(C(Cc2ccccn2)C(=O)O)cc1Cl. The predicted molar refractivity (Wildman–Crippen MR) is 105 cm³/mol. The molecular formula is C20H13Cl2N3O3. The van der Waals surface area contributed by atoms with E-state index in [1.807, 2.05) is 6.07 Å². The lowest BCUT2D eigenvalue weighted by atomic mass is 10.0. The molecule has 0 fully saturated rings. The second-order valence-electron chi connectivity index (χ2n) is 5.96. The van der Waals surface area contributed by atoms with Crippen molar-refractivity contribution in [1.29, 1.82) is 5.26 Å². The molecule has 3 aromatic rings. The largest absolute Gasteiger partial charge is 0.480 e. The van der Waals surface area contributed by atoms with E-state index < -0.39 is 17.6 Å². The highest BCUT2D eigenvalue weighted by atomic mass is 35.5. The molecule has 0 saturated heterocycles. The summed E-state index contributed by atoms with van der Waals surface area (Å²) in [5.74, 6) is -1.18. The van der Waals surface area contributed by atoms with E-state index in [0.717, 1.165) is 4.57 Å². The molecular weight excluding hydrogens is 401 g/mol. The quantitative estimate of drug-likeness (QED) is 0.682. The number of rotatable bonds is 5. The number of carbonyl (C=O) groups is 1. The van der Waals surface area contributed by atoms with Crippen LogP contribution in [0, 0.1) is 11.3 Å². The van der Waals surface area contributed by atoms with Crippen LogP contribution in [0.4, 0.5) is 0 Å². The van der Waals surface area contributed by atoms with Gasteiger partial charge in [0.25, 0.3) is 5.56 Å². The number of nitrogens with zero attached hydrogens (tertiary/aromatic N) is 3. The van der Waals surface area contributed by atoms with Crippen LogP contribution in [0.25, 0.3) is 11.1 Å². The van der Waals surface area contributed by atoms with E-state index in [2.05, 4.69) is 4.98 Å². The van der Waals surface area contributed by atoms with E-state index >= 15 is 0 Å². The standard InChI is InChI=1S/C20H13Cl2N3O3/c21-13-5-4-12(10-23)15(7-13)16-9-19(26)25(11-17(16)22)18(20(27)28)8-14-3-1-2-6-24-14/h1-7,9,11,18H,8H2,(H,27,28). The molecule has 28 heavy (non-hydrogen) atoms. The Morgan fingerprint density at radius 1 is 1.21 bits per heavy atom. The van der Waals surface area contributed by atoms with Crippen molar-refractivity contribution < 1.29 is 9.90 Å². The third-order valence-corrected chi connectivity index (χ3v) is 4.71. The van der Waals surface area contributed by atoms with E-state index in [1.165, 1.54) is 24.4 Å². The molecule has 6 nitrogen and oxygen atoms in total. The molecule has 140 valence electrons. The van der Waals surface area contributed by atoms with Crippen LogP contribution in [0.3, 0.4) is 0 Å². The van der Waals surface area contributed by atoms with E-state index in [1.54, 1.807) is 30.5 Å². The first kappa shape index (κ1) is 19.6. The van der Waals surface area contributed by atoms with Gasteiger partial charge in [-0.15, -0.1) is 0 Å². The maximum Gasteiger partial charge on any atom is 0.327 e. The number of aromatic nitrogens is 2. The molecule has 0 bridgehead atoms. The van der Waals surface area contributed by atoms with Gasteiger partial charge < -0.3 is 5.11 Å². The minimum absolute atomic E-state index is 0.0202. The van der Waals surface area contributed by atoms with Gasteiger partial charge in [-0.05, 0) is 30.3 Å². The van der Waals surface area contributed by atoms with Gasteiger partial charge in [-0.1, -0.05) is 29.3 Å². The van der Waals surface area contributed by atoms with E-state index in [4.69, 9.17) is 23.2 Å². The zero-order chi connectivity index (χ0) is 20.3. The summed E-state index contributed by atoms with van der Waals surface area (Å²) in [4.78, 5) is 28.6. The van der Waals surface area contributed by atoms with Crippen LogP contribution in [-0.2, 0) is 11.2 Å². The van der Waals surface area contributed by atoms with Gasteiger partial charge in [0.2, 0.25) is 0 Å². The predicted octanol–water partition coefficient (Wildman–Crippen LogP) is 3.96. The number of aliphatic carboxylic acids is 1. The molecule has 2 aromatic heterocycles. The third-order valence-electron chi connectivity index (χ3n) is 4.17. The number of hydrogen-bond acceptors (Lipinski definition) is 4. The topological polar surface area (TPSA) is 96.0 Å². The number of carboxylic acids is 1. The summed E-state index contributed by atoms with van der Waals surface area (Å²) in [6.07, 6.45) is 2.84. The van der Waals surface area contributed by atoms with Crippen LogP contribution in [0.15, 0.2) is 59.7 Å². The summed E-state index contributed by atoms with van der Waals surface area (Å²) in [5, 5.41) is 19.4. The average Bonchev–Trinajstić information content (AvgIpc) is 2.68. The Morgan fingerprint density at radius 3 is 2.64 bits per heavy atom. The lowest BCUT2D eigenvalue weighted by molar-refractivity contribution is -0.141. The molecule has 2 heterocycles. The van der Waals surface area contributed by atoms with Crippen molar-refractivity contribution >= 4 is 29.2 Å². The lowest BCUT2D eigenvalue weighted by Crippen LogP contribution is -2.31. The first-order chi connectivity index (χ1) is 13.4. The molecule has 1 atom stereocenters.